The molecule has 0 bridgehead atoms. The maximum atomic E-state index is 13.0. The van der Waals surface area contributed by atoms with Crippen molar-refractivity contribution in [1.29, 1.82) is 0 Å². The van der Waals surface area contributed by atoms with Crippen molar-refractivity contribution in [3.05, 3.63) is 70.2 Å². The van der Waals surface area contributed by atoms with E-state index in [2.05, 4.69) is 46.8 Å². The van der Waals surface area contributed by atoms with Crippen LogP contribution in [0, 0.1) is 0 Å². The first-order chi connectivity index (χ1) is 16.6. The number of urea groups is 1. The third kappa shape index (κ3) is 5.65. The number of thiazole rings is 1. The number of para-hydroxylation sites is 1. The molecule has 0 radical (unpaired) electrons. The lowest BCUT2D eigenvalue weighted by Gasteiger charge is -2.31. The molecule has 0 spiro atoms. The standard InChI is InChI=1S/C27H32N4O2S/c1-3-15-28-27(33)31-16-13-21(14-17-31)26-30-24(18-34-26)25(32)29-23-8-6-5-7-22(23)20-11-9-19(4-2)10-12-20/h5-12,18,21H,3-4,13-17H2,1-2H3,(H,28,33)(H,29,32). The Labute approximate surface area is 205 Å². The average Bonchev–Trinajstić information content (AvgIpc) is 3.38. The fourth-order valence-electron chi connectivity index (χ4n) is 4.20. The number of piperidine rings is 1. The highest BCUT2D eigenvalue weighted by molar-refractivity contribution is 7.10. The van der Waals surface area contributed by atoms with E-state index in [1.807, 2.05) is 41.5 Å². The molecule has 4 rings (SSSR count). The van der Waals surface area contributed by atoms with Crippen molar-refractivity contribution in [2.75, 3.05) is 25.0 Å². The summed E-state index contributed by atoms with van der Waals surface area (Å²) >= 11 is 1.53. The van der Waals surface area contributed by atoms with Crippen LogP contribution in [0.1, 0.15) is 60.1 Å². The number of amides is 3. The number of hydrogen-bond acceptors (Lipinski definition) is 4. The molecule has 0 aliphatic carbocycles. The van der Waals surface area contributed by atoms with E-state index in [9.17, 15) is 9.59 Å². The number of anilines is 1. The number of likely N-dealkylation sites (tertiary alicyclic amines) is 1. The number of aryl methyl sites for hydroxylation is 1. The number of carbonyl (C=O) groups is 2. The topological polar surface area (TPSA) is 74.3 Å². The van der Waals surface area contributed by atoms with E-state index in [-0.39, 0.29) is 17.9 Å². The molecule has 3 aromatic rings. The zero-order valence-electron chi connectivity index (χ0n) is 19.8. The highest BCUT2D eigenvalue weighted by atomic mass is 32.1. The van der Waals surface area contributed by atoms with E-state index in [0.717, 1.165) is 47.5 Å². The number of nitrogens with zero attached hydrogens (tertiary/aromatic N) is 2. The lowest BCUT2D eigenvalue weighted by molar-refractivity contribution is 0.102. The van der Waals surface area contributed by atoms with Crippen molar-refractivity contribution < 1.29 is 9.59 Å². The minimum absolute atomic E-state index is 0.0162. The number of benzene rings is 2. The van der Waals surface area contributed by atoms with Crippen molar-refractivity contribution in [2.45, 2.75) is 45.4 Å². The molecular weight excluding hydrogens is 444 g/mol. The molecule has 1 aromatic heterocycles. The molecule has 3 amide bonds. The lowest BCUT2D eigenvalue weighted by atomic mass is 9.98. The van der Waals surface area contributed by atoms with Crippen molar-refractivity contribution >= 4 is 29.0 Å². The third-order valence-electron chi connectivity index (χ3n) is 6.26. The Bertz CT molecular complexity index is 1120. The SMILES string of the molecule is CCCNC(=O)N1CCC(c2nc(C(=O)Nc3ccccc3-c3ccc(CC)cc3)cs2)CC1. The molecule has 1 fully saturated rings. The van der Waals surface area contributed by atoms with E-state index >= 15 is 0 Å². The van der Waals surface area contributed by atoms with E-state index in [1.165, 1.54) is 16.9 Å². The predicted octanol–water partition coefficient (Wildman–Crippen LogP) is 5.92. The second-order valence-electron chi connectivity index (χ2n) is 8.61. The van der Waals surface area contributed by atoms with Crippen LogP contribution in [0.15, 0.2) is 53.9 Å². The van der Waals surface area contributed by atoms with Crippen LogP contribution >= 0.6 is 11.3 Å². The molecule has 34 heavy (non-hydrogen) atoms. The van der Waals surface area contributed by atoms with Gasteiger partial charge in [0.2, 0.25) is 0 Å². The normalized spacial score (nSPS) is 14.1. The zero-order valence-corrected chi connectivity index (χ0v) is 20.7. The van der Waals surface area contributed by atoms with Crippen LogP contribution < -0.4 is 10.6 Å². The Hall–Kier alpha value is -3.19. The fraction of sp³-hybridized carbons (Fsp3) is 0.370. The first kappa shape index (κ1) is 24.0. The van der Waals surface area contributed by atoms with Gasteiger partial charge in [-0.05, 0) is 42.9 Å². The second kappa shape index (κ2) is 11.3. The molecular formula is C27H32N4O2S. The molecule has 2 aromatic carbocycles. The molecule has 1 aliphatic heterocycles. The predicted molar refractivity (Wildman–Crippen MR) is 139 cm³/mol. The molecule has 0 atom stereocenters. The molecule has 0 saturated carbocycles. The largest absolute Gasteiger partial charge is 0.338 e. The van der Waals surface area contributed by atoms with Crippen LogP contribution in [0.2, 0.25) is 0 Å². The molecule has 0 unspecified atom stereocenters. The summed E-state index contributed by atoms with van der Waals surface area (Å²) in [5, 5.41) is 8.81. The monoisotopic (exact) mass is 476 g/mol. The van der Waals surface area contributed by atoms with Gasteiger partial charge in [0.15, 0.2) is 0 Å². The van der Waals surface area contributed by atoms with Crippen molar-refractivity contribution in [3.63, 3.8) is 0 Å². The Balaban J connectivity index is 1.40. The number of rotatable bonds is 7. The quantitative estimate of drug-likeness (QED) is 0.444. The Morgan fingerprint density at radius 3 is 2.50 bits per heavy atom. The summed E-state index contributed by atoms with van der Waals surface area (Å²) in [5.74, 6) is 0.0858. The van der Waals surface area contributed by atoms with Gasteiger partial charge in [-0.3, -0.25) is 4.79 Å². The maximum Gasteiger partial charge on any atom is 0.317 e. The van der Waals surface area contributed by atoms with Crippen LogP contribution in [0.3, 0.4) is 0 Å². The fourth-order valence-corrected chi connectivity index (χ4v) is 5.17. The molecule has 7 heteroatoms. The Kier molecular flexibility index (Phi) is 7.95. The van der Waals surface area contributed by atoms with Gasteiger partial charge in [-0.2, -0.15) is 0 Å². The third-order valence-corrected chi connectivity index (χ3v) is 7.27. The Morgan fingerprint density at radius 1 is 1.06 bits per heavy atom. The number of aromatic nitrogens is 1. The molecule has 1 aliphatic rings. The van der Waals surface area contributed by atoms with Crippen LogP contribution in [-0.4, -0.2) is 41.5 Å². The summed E-state index contributed by atoms with van der Waals surface area (Å²) in [6, 6.07) is 16.3. The van der Waals surface area contributed by atoms with Crippen molar-refractivity contribution in [1.82, 2.24) is 15.2 Å². The smallest absolute Gasteiger partial charge is 0.317 e. The molecule has 2 heterocycles. The van der Waals surface area contributed by atoms with Crippen molar-refractivity contribution in [3.8, 4) is 11.1 Å². The minimum atomic E-state index is -0.198. The number of nitrogens with one attached hydrogen (secondary N) is 2. The van der Waals surface area contributed by atoms with E-state index in [0.29, 0.717) is 25.3 Å². The van der Waals surface area contributed by atoms with Gasteiger partial charge in [0, 0.05) is 42.2 Å². The first-order valence-corrected chi connectivity index (χ1v) is 12.9. The molecule has 2 N–H and O–H groups in total. The molecule has 6 nitrogen and oxygen atoms in total. The Morgan fingerprint density at radius 2 is 1.79 bits per heavy atom. The van der Waals surface area contributed by atoms with E-state index in [4.69, 9.17) is 0 Å². The maximum absolute atomic E-state index is 13.0. The lowest BCUT2D eigenvalue weighted by Crippen LogP contribution is -2.44. The minimum Gasteiger partial charge on any atom is -0.338 e. The van der Waals surface area contributed by atoms with Crippen LogP contribution in [0.4, 0.5) is 10.5 Å². The average molecular weight is 477 g/mol. The second-order valence-corrected chi connectivity index (χ2v) is 9.50. The summed E-state index contributed by atoms with van der Waals surface area (Å²) in [6.45, 7) is 6.32. The summed E-state index contributed by atoms with van der Waals surface area (Å²) < 4.78 is 0. The van der Waals surface area contributed by atoms with Gasteiger partial charge in [0.1, 0.15) is 5.69 Å². The molecule has 1 saturated heterocycles. The first-order valence-electron chi connectivity index (χ1n) is 12.1. The van der Waals surface area contributed by atoms with E-state index < -0.39 is 0 Å². The van der Waals surface area contributed by atoms with Crippen molar-refractivity contribution in [2.24, 2.45) is 0 Å². The zero-order chi connectivity index (χ0) is 23.9. The summed E-state index contributed by atoms with van der Waals surface area (Å²) in [6.07, 6.45) is 3.66. The number of hydrogen-bond donors (Lipinski definition) is 2. The van der Waals surface area contributed by atoms with Gasteiger partial charge < -0.3 is 15.5 Å². The van der Waals surface area contributed by atoms with Gasteiger partial charge in [-0.15, -0.1) is 11.3 Å². The highest BCUT2D eigenvalue weighted by Gasteiger charge is 2.26. The van der Waals surface area contributed by atoms with Gasteiger partial charge >= 0.3 is 6.03 Å². The highest BCUT2D eigenvalue weighted by Crippen LogP contribution is 2.32. The van der Waals surface area contributed by atoms with Crippen LogP contribution in [-0.2, 0) is 6.42 Å². The van der Waals surface area contributed by atoms with Gasteiger partial charge in [0.05, 0.1) is 5.01 Å². The summed E-state index contributed by atoms with van der Waals surface area (Å²) in [4.78, 5) is 31.7. The van der Waals surface area contributed by atoms with Crippen LogP contribution in [0.5, 0.6) is 0 Å². The summed E-state index contributed by atoms with van der Waals surface area (Å²) in [7, 11) is 0. The van der Waals surface area contributed by atoms with E-state index in [1.54, 1.807) is 0 Å². The van der Waals surface area contributed by atoms with Gasteiger partial charge in [-0.1, -0.05) is 56.3 Å². The number of carbonyl (C=O) groups excluding carboxylic acids is 2. The molecule has 178 valence electrons. The van der Waals surface area contributed by atoms with Crippen LogP contribution in [0.25, 0.3) is 11.1 Å². The summed E-state index contributed by atoms with van der Waals surface area (Å²) in [5.41, 5.74) is 4.56. The van der Waals surface area contributed by atoms with Gasteiger partial charge in [0.25, 0.3) is 5.91 Å². The van der Waals surface area contributed by atoms with Gasteiger partial charge in [-0.25, -0.2) is 9.78 Å².